The van der Waals surface area contributed by atoms with Crippen LogP contribution in [0.4, 0.5) is 5.69 Å². The Morgan fingerprint density at radius 3 is 2.54 bits per heavy atom. The molecule has 0 saturated carbocycles. The third-order valence-electron chi connectivity index (χ3n) is 4.58. The van der Waals surface area contributed by atoms with Gasteiger partial charge in [-0.15, -0.1) is 0 Å². The number of aliphatic hydroxyl groups excluding tert-OH is 1. The van der Waals surface area contributed by atoms with Crippen molar-refractivity contribution in [3.05, 3.63) is 77.1 Å². The highest BCUT2D eigenvalue weighted by atomic mass is 16.3. The van der Waals surface area contributed by atoms with E-state index in [-0.39, 0.29) is 11.8 Å². The van der Waals surface area contributed by atoms with Crippen molar-refractivity contribution >= 4 is 11.6 Å². The molecule has 1 N–H and O–H groups in total. The molecule has 0 aliphatic carbocycles. The van der Waals surface area contributed by atoms with Crippen molar-refractivity contribution in [2.24, 2.45) is 5.92 Å². The molecule has 2 aromatic rings. The lowest BCUT2D eigenvalue weighted by Gasteiger charge is -2.35. The van der Waals surface area contributed by atoms with Crippen LogP contribution in [0, 0.1) is 12.5 Å². The number of piperidine rings is 1. The van der Waals surface area contributed by atoms with Crippen LogP contribution in [0.1, 0.15) is 34.9 Å². The number of hydrogen-bond acceptors (Lipinski definition) is 2. The number of likely N-dealkylation sites (tertiary alicyclic amines) is 1. The molecule has 4 heteroatoms. The number of hydrogen-bond donors (Lipinski definition) is 1. The minimum atomic E-state index is -0.615. The Hall–Kier alpha value is -2.64. The molecule has 0 radical (unpaired) electrons. The van der Waals surface area contributed by atoms with Gasteiger partial charge in [0.05, 0.1) is 12.7 Å². The molecular weight excluding hydrogens is 300 g/mol. The van der Waals surface area contributed by atoms with Crippen molar-refractivity contribution in [3.8, 4) is 0 Å². The Bertz CT molecular complexity index is 734. The molecule has 24 heavy (non-hydrogen) atoms. The SMILES string of the molecule is [C-]#[N+]c1ccc([C@@H](O)C2CCCN(C(=O)c3ccccc3)C2)cc1. The summed E-state index contributed by atoms with van der Waals surface area (Å²) in [7, 11) is 0. The van der Waals surface area contributed by atoms with Crippen LogP contribution in [-0.4, -0.2) is 29.0 Å². The molecule has 1 fully saturated rings. The second-order valence-corrected chi connectivity index (χ2v) is 6.17. The van der Waals surface area contributed by atoms with Crippen LogP contribution in [0.5, 0.6) is 0 Å². The van der Waals surface area contributed by atoms with Crippen LogP contribution in [0.2, 0.25) is 0 Å². The molecular formula is C20H20N2O2. The van der Waals surface area contributed by atoms with Gasteiger partial charge in [-0.3, -0.25) is 4.79 Å². The molecule has 1 saturated heterocycles. The van der Waals surface area contributed by atoms with Gasteiger partial charge in [0.25, 0.3) is 5.91 Å². The van der Waals surface area contributed by atoms with Crippen molar-refractivity contribution in [1.29, 1.82) is 0 Å². The molecule has 1 heterocycles. The van der Waals surface area contributed by atoms with Gasteiger partial charge in [0.2, 0.25) is 0 Å². The number of benzene rings is 2. The Morgan fingerprint density at radius 1 is 1.17 bits per heavy atom. The Balaban J connectivity index is 1.70. The fourth-order valence-corrected chi connectivity index (χ4v) is 3.23. The van der Waals surface area contributed by atoms with E-state index in [1.54, 1.807) is 24.3 Å². The van der Waals surface area contributed by atoms with Crippen molar-refractivity contribution < 1.29 is 9.90 Å². The number of carbonyl (C=O) groups is 1. The number of carbonyl (C=O) groups excluding carboxylic acids is 1. The zero-order valence-corrected chi connectivity index (χ0v) is 13.4. The quantitative estimate of drug-likeness (QED) is 0.874. The monoisotopic (exact) mass is 320 g/mol. The van der Waals surface area contributed by atoms with E-state index in [2.05, 4.69) is 4.85 Å². The Morgan fingerprint density at radius 2 is 1.88 bits per heavy atom. The van der Waals surface area contributed by atoms with Gasteiger partial charge >= 0.3 is 0 Å². The van der Waals surface area contributed by atoms with Crippen molar-refractivity contribution in [2.75, 3.05) is 13.1 Å². The van der Waals surface area contributed by atoms with Crippen molar-refractivity contribution in [2.45, 2.75) is 18.9 Å². The van der Waals surface area contributed by atoms with Gasteiger partial charge in [0, 0.05) is 24.6 Å². The maximum atomic E-state index is 12.6. The maximum absolute atomic E-state index is 12.6. The van der Waals surface area contributed by atoms with E-state index >= 15 is 0 Å². The summed E-state index contributed by atoms with van der Waals surface area (Å²) in [6.45, 7) is 8.28. The molecule has 3 rings (SSSR count). The third-order valence-corrected chi connectivity index (χ3v) is 4.58. The predicted molar refractivity (Wildman–Crippen MR) is 92.7 cm³/mol. The van der Waals surface area contributed by atoms with Gasteiger partial charge in [0.1, 0.15) is 0 Å². The largest absolute Gasteiger partial charge is 0.388 e. The molecule has 0 bridgehead atoms. The second-order valence-electron chi connectivity index (χ2n) is 6.17. The first kappa shape index (κ1) is 16.2. The summed E-state index contributed by atoms with van der Waals surface area (Å²) in [5.41, 5.74) is 2.06. The zero-order valence-electron chi connectivity index (χ0n) is 13.4. The van der Waals surface area contributed by atoms with Gasteiger partial charge in [-0.2, -0.15) is 0 Å². The van der Waals surface area contributed by atoms with Crippen LogP contribution < -0.4 is 0 Å². The summed E-state index contributed by atoms with van der Waals surface area (Å²) in [5.74, 6) is 0.0426. The lowest BCUT2D eigenvalue weighted by atomic mass is 9.88. The van der Waals surface area contributed by atoms with Crippen LogP contribution in [0.15, 0.2) is 54.6 Å². The van der Waals surface area contributed by atoms with E-state index in [9.17, 15) is 9.90 Å². The normalized spacial score (nSPS) is 18.7. The molecule has 4 nitrogen and oxygen atoms in total. The van der Waals surface area contributed by atoms with Crippen LogP contribution >= 0.6 is 0 Å². The lowest BCUT2D eigenvalue weighted by molar-refractivity contribution is 0.0401. The highest BCUT2D eigenvalue weighted by Crippen LogP contribution is 2.31. The van der Waals surface area contributed by atoms with Crippen LogP contribution in [0.3, 0.4) is 0 Å². The predicted octanol–water partition coefficient (Wildman–Crippen LogP) is 3.82. The van der Waals surface area contributed by atoms with E-state index < -0.39 is 6.10 Å². The standard InChI is InChI=1S/C20H20N2O2/c1-21-18-11-9-15(10-12-18)19(23)17-8-5-13-22(14-17)20(24)16-6-3-2-4-7-16/h2-4,6-7,9-12,17,19,23H,5,8,13-14H2/t17?,19-/m1/s1. The van der Waals surface area contributed by atoms with E-state index in [1.165, 1.54) is 0 Å². The fourth-order valence-electron chi connectivity index (χ4n) is 3.23. The summed E-state index contributed by atoms with van der Waals surface area (Å²) in [6.07, 6.45) is 1.17. The first-order valence-corrected chi connectivity index (χ1v) is 8.19. The zero-order chi connectivity index (χ0) is 16.9. The van der Waals surface area contributed by atoms with E-state index in [0.717, 1.165) is 24.9 Å². The lowest BCUT2D eigenvalue weighted by Crippen LogP contribution is -2.41. The van der Waals surface area contributed by atoms with Gasteiger partial charge in [-0.25, -0.2) is 4.85 Å². The van der Waals surface area contributed by atoms with Crippen LogP contribution in [-0.2, 0) is 0 Å². The number of nitrogens with zero attached hydrogens (tertiary/aromatic N) is 2. The minimum Gasteiger partial charge on any atom is -0.388 e. The summed E-state index contributed by atoms with van der Waals surface area (Å²) in [4.78, 5) is 17.8. The number of aliphatic hydroxyl groups is 1. The summed E-state index contributed by atoms with van der Waals surface area (Å²) in [5, 5.41) is 10.7. The first-order chi connectivity index (χ1) is 11.7. The summed E-state index contributed by atoms with van der Waals surface area (Å²) in [6, 6.07) is 16.3. The Labute approximate surface area is 142 Å². The molecule has 1 aliphatic rings. The average molecular weight is 320 g/mol. The highest BCUT2D eigenvalue weighted by Gasteiger charge is 2.29. The number of rotatable bonds is 3. The summed E-state index contributed by atoms with van der Waals surface area (Å²) >= 11 is 0. The van der Waals surface area contributed by atoms with Crippen LogP contribution in [0.25, 0.3) is 4.85 Å². The minimum absolute atomic E-state index is 0.0187. The van der Waals surface area contributed by atoms with E-state index in [0.29, 0.717) is 17.8 Å². The molecule has 1 amide bonds. The maximum Gasteiger partial charge on any atom is 0.253 e. The molecule has 2 aromatic carbocycles. The fraction of sp³-hybridized carbons (Fsp3) is 0.300. The third kappa shape index (κ3) is 3.47. The molecule has 2 atom stereocenters. The molecule has 1 aliphatic heterocycles. The Kier molecular flexibility index (Phi) is 4.93. The molecule has 122 valence electrons. The summed E-state index contributed by atoms with van der Waals surface area (Å²) < 4.78 is 0. The van der Waals surface area contributed by atoms with Gasteiger partial charge < -0.3 is 10.0 Å². The van der Waals surface area contributed by atoms with Gasteiger partial charge in [0.15, 0.2) is 5.69 Å². The van der Waals surface area contributed by atoms with Gasteiger partial charge in [-0.1, -0.05) is 42.5 Å². The highest BCUT2D eigenvalue weighted by molar-refractivity contribution is 5.94. The van der Waals surface area contributed by atoms with E-state index in [4.69, 9.17) is 6.57 Å². The molecule has 0 aromatic heterocycles. The van der Waals surface area contributed by atoms with Gasteiger partial charge in [-0.05, 0) is 30.5 Å². The average Bonchev–Trinajstić information content (AvgIpc) is 2.67. The smallest absolute Gasteiger partial charge is 0.253 e. The first-order valence-electron chi connectivity index (χ1n) is 8.19. The second kappa shape index (κ2) is 7.29. The molecule has 1 unspecified atom stereocenters. The van der Waals surface area contributed by atoms with E-state index in [1.807, 2.05) is 35.2 Å². The van der Waals surface area contributed by atoms with Crippen molar-refractivity contribution in [1.82, 2.24) is 4.90 Å². The number of amides is 1. The molecule has 0 spiro atoms. The topological polar surface area (TPSA) is 44.9 Å². The van der Waals surface area contributed by atoms with Crippen molar-refractivity contribution in [3.63, 3.8) is 0 Å².